The van der Waals surface area contributed by atoms with Crippen LogP contribution in [0, 0.1) is 19.8 Å². The van der Waals surface area contributed by atoms with Crippen molar-refractivity contribution in [1.82, 2.24) is 0 Å². The van der Waals surface area contributed by atoms with Gasteiger partial charge >= 0.3 is 0 Å². The van der Waals surface area contributed by atoms with Gasteiger partial charge in [0.1, 0.15) is 0 Å². The molecule has 55 heavy (non-hydrogen) atoms. The molecule has 278 valence electrons. The molecule has 6 aromatic rings. The molecule has 0 N–H and O–H groups in total. The van der Waals surface area contributed by atoms with Crippen LogP contribution in [0.2, 0.25) is 0 Å². The molecule has 3 nitrogen and oxygen atoms in total. The maximum Gasteiger partial charge on any atom is 0.174 e. The van der Waals surface area contributed by atoms with E-state index >= 15 is 0 Å². The Hall–Kier alpha value is -5.28. The third kappa shape index (κ3) is 6.73. The molecular weight excluding hydrogens is 671 g/mol. The van der Waals surface area contributed by atoms with Gasteiger partial charge in [0, 0.05) is 38.7 Å². The molecule has 8 rings (SSSR count). The fraction of sp³-hybridized carbons (Fsp3) is 0.308. The average Bonchev–Trinajstić information content (AvgIpc) is 3.41. The van der Waals surface area contributed by atoms with Crippen LogP contribution in [-0.2, 0) is 5.41 Å². The standard InChI is InChI=1S/C52H53NO2/c1-6-7-8-9-10-11-12-13-15-45-50(54)43-17-14-16-42-48(31-30-44(49(42)43)51(45)55)53(38-24-18-34(2)19-25-38)39-26-21-36(22-27-39)37-23-29-41-40-28-20-35(3)32-46(40)52(4,5)47(41)33-37/h14,16-33,45H,6-13,15H2,1-5H3. The average molecular weight is 724 g/mol. The normalized spacial score (nSPS) is 15.3. The zero-order valence-electron chi connectivity index (χ0n) is 33.2. The maximum atomic E-state index is 14.0. The van der Waals surface area contributed by atoms with Crippen LogP contribution in [-0.4, -0.2) is 11.6 Å². The molecule has 0 spiro atoms. The van der Waals surface area contributed by atoms with Gasteiger partial charge in [0.25, 0.3) is 0 Å². The minimum Gasteiger partial charge on any atom is -0.310 e. The Kier molecular flexibility index (Phi) is 10.1. The summed E-state index contributed by atoms with van der Waals surface area (Å²) in [5, 5.41) is 1.70. The number of nitrogens with zero attached hydrogens (tertiary/aromatic N) is 1. The third-order valence-corrected chi connectivity index (χ3v) is 12.4. The second-order valence-corrected chi connectivity index (χ2v) is 16.6. The number of hydrogen-bond donors (Lipinski definition) is 0. The first kappa shape index (κ1) is 36.7. The molecule has 0 aromatic heterocycles. The number of aryl methyl sites for hydroxylation is 2. The van der Waals surface area contributed by atoms with Crippen molar-refractivity contribution in [3.8, 4) is 22.3 Å². The first-order valence-corrected chi connectivity index (χ1v) is 20.5. The van der Waals surface area contributed by atoms with Crippen LogP contribution >= 0.6 is 0 Å². The molecule has 0 saturated heterocycles. The van der Waals surface area contributed by atoms with Gasteiger partial charge in [-0.3, -0.25) is 9.59 Å². The number of carbonyl (C=O) groups is 2. The lowest BCUT2D eigenvalue weighted by Gasteiger charge is -2.30. The van der Waals surface area contributed by atoms with E-state index in [2.05, 4.69) is 137 Å². The molecule has 2 aliphatic carbocycles. The summed E-state index contributed by atoms with van der Waals surface area (Å²) in [6.07, 6.45) is 10.1. The third-order valence-electron chi connectivity index (χ3n) is 12.4. The Morgan fingerprint density at radius 1 is 0.545 bits per heavy atom. The molecule has 2 aliphatic rings. The summed E-state index contributed by atoms with van der Waals surface area (Å²) in [6, 6.07) is 41.2. The first-order chi connectivity index (χ1) is 26.7. The van der Waals surface area contributed by atoms with Gasteiger partial charge in [0.05, 0.1) is 11.6 Å². The molecule has 1 atom stereocenters. The number of ketones is 2. The Balaban J connectivity index is 1.11. The van der Waals surface area contributed by atoms with Crippen molar-refractivity contribution in [1.29, 1.82) is 0 Å². The number of rotatable bonds is 13. The van der Waals surface area contributed by atoms with Crippen molar-refractivity contribution in [3.05, 3.63) is 149 Å². The van der Waals surface area contributed by atoms with E-state index in [4.69, 9.17) is 0 Å². The monoisotopic (exact) mass is 723 g/mol. The predicted molar refractivity (Wildman–Crippen MR) is 230 cm³/mol. The van der Waals surface area contributed by atoms with Gasteiger partial charge in [-0.2, -0.15) is 0 Å². The lowest BCUT2D eigenvalue weighted by Crippen LogP contribution is -2.29. The van der Waals surface area contributed by atoms with E-state index in [1.807, 2.05) is 18.2 Å². The highest BCUT2D eigenvalue weighted by molar-refractivity contribution is 6.30. The molecule has 0 radical (unpaired) electrons. The highest BCUT2D eigenvalue weighted by Crippen LogP contribution is 2.50. The van der Waals surface area contributed by atoms with Crippen LogP contribution in [0.4, 0.5) is 17.1 Å². The van der Waals surface area contributed by atoms with Gasteiger partial charge in [0.15, 0.2) is 11.6 Å². The highest BCUT2D eigenvalue weighted by atomic mass is 16.2. The van der Waals surface area contributed by atoms with E-state index < -0.39 is 5.92 Å². The van der Waals surface area contributed by atoms with Crippen molar-refractivity contribution in [3.63, 3.8) is 0 Å². The smallest absolute Gasteiger partial charge is 0.174 e. The molecule has 0 aliphatic heterocycles. The summed E-state index contributed by atoms with van der Waals surface area (Å²) < 4.78 is 0. The van der Waals surface area contributed by atoms with Crippen LogP contribution < -0.4 is 4.90 Å². The number of hydrogen-bond acceptors (Lipinski definition) is 3. The fourth-order valence-corrected chi connectivity index (χ4v) is 9.19. The highest BCUT2D eigenvalue weighted by Gasteiger charge is 2.37. The summed E-state index contributed by atoms with van der Waals surface area (Å²) in [5.74, 6) is -0.636. The van der Waals surface area contributed by atoms with Gasteiger partial charge < -0.3 is 4.90 Å². The summed E-state index contributed by atoms with van der Waals surface area (Å²) >= 11 is 0. The van der Waals surface area contributed by atoms with Crippen molar-refractivity contribution in [2.75, 3.05) is 4.90 Å². The molecule has 6 aromatic carbocycles. The van der Waals surface area contributed by atoms with Crippen LogP contribution in [0.15, 0.2) is 115 Å². The number of anilines is 3. The Labute approximate surface area is 327 Å². The molecule has 0 fully saturated rings. The number of fused-ring (bicyclic) bond motifs is 3. The van der Waals surface area contributed by atoms with Gasteiger partial charge in [-0.25, -0.2) is 0 Å². The second kappa shape index (κ2) is 15.1. The second-order valence-electron chi connectivity index (χ2n) is 16.6. The first-order valence-electron chi connectivity index (χ1n) is 20.5. The number of carbonyl (C=O) groups excluding carboxylic acids is 2. The lowest BCUT2D eigenvalue weighted by molar-refractivity contribution is 0.0792. The van der Waals surface area contributed by atoms with Gasteiger partial charge in [-0.15, -0.1) is 0 Å². The van der Waals surface area contributed by atoms with E-state index in [1.165, 1.54) is 77.5 Å². The predicted octanol–water partition coefficient (Wildman–Crippen LogP) is 14.4. The van der Waals surface area contributed by atoms with Crippen molar-refractivity contribution in [2.24, 2.45) is 5.92 Å². The van der Waals surface area contributed by atoms with E-state index in [0.717, 1.165) is 46.2 Å². The van der Waals surface area contributed by atoms with Gasteiger partial charge in [-0.05, 0) is 96.1 Å². The molecule has 0 bridgehead atoms. The topological polar surface area (TPSA) is 37.4 Å². The molecular formula is C52H53NO2. The number of benzene rings is 6. The molecule has 0 amide bonds. The number of Topliss-reactive ketones (excluding diaryl/α,β-unsaturated/α-hetero) is 2. The summed E-state index contributed by atoms with van der Waals surface area (Å²) in [4.78, 5) is 30.3. The zero-order chi connectivity index (χ0) is 38.3. The van der Waals surface area contributed by atoms with Crippen LogP contribution in [0.25, 0.3) is 33.0 Å². The fourth-order valence-electron chi connectivity index (χ4n) is 9.19. The van der Waals surface area contributed by atoms with Crippen molar-refractivity contribution < 1.29 is 9.59 Å². The summed E-state index contributed by atoms with van der Waals surface area (Å²) in [7, 11) is 0. The molecule has 0 saturated carbocycles. The quantitative estimate of drug-likeness (QED) is 0.0879. The van der Waals surface area contributed by atoms with Crippen LogP contribution in [0.1, 0.15) is 122 Å². The Morgan fingerprint density at radius 2 is 1.09 bits per heavy atom. The van der Waals surface area contributed by atoms with Crippen molar-refractivity contribution >= 4 is 39.4 Å². The Bertz CT molecular complexity index is 2380. The minimum atomic E-state index is -0.590. The molecule has 1 unspecified atom stereocenters. The van der Waals surface area contributed by atoms with Crippen LogP contribution in [0.3, 0.4) is 0 Å². The minimum absolute atomic E-state index is 0.0230. The lowest BCUT2D eigenvalue weighted by atomic mass is 9.77. The largest absolute Gasteiger partial charge is 0.310 e. The SMILES string of the molecule is CCCCCCCCCCC1C(=O)c2cccc3c(N(c4ccc(C)cc4)c4ccc(-c5ccc6c(c5)C(C)(C)c5cc(C)ccc5-6)cc4)ccc(c23)C1=O. The molecule has 3 heteroatoms. The van der Waals surface area contributed by atoms with E-state index in [0.29, 0.717) is 17.5 Å². The van der Waals surface area contributed by atoms with Crippen molar-refractivity contribution in [2.45, 2.75) is 97.8 Å². The maximum absolute atomic E-state index is 14.0. The van der Waals surface area contributed by atoms with E-state index in [9.17, 15) is 9.59 Å². The van der Waals surface area contributed by atoms with Gasteiger partial charge in [0.2, 0.25) is 0 Å². The zero-order valence-corrected chi connectivity index (χ0v) is 33.2. The van der Waals surface area contributed by atoms with E-state index in [1.54, 1.807) is 0 Å². The van der Waals surface area contributed by atoms with Crippen LogP contribution in [0.5, 0.6) is 0 Å². The molecule has 0 heterocycles. The number of unbranched alkanes of at least 4 members (excludes halogenated alkanes) is 7. The summed E-state index contributed by atoms with van der Waals surface area (Å²) in [5.41, 5.74) is 14.5. The summed E-state index contributed by atoms with van der Waals surface area (Å²) in [6.45, 7) is 11.2. The van der Waals surface area contributed by atoms with Gasteiger partial charge in [-0.1, -0.05) is 156 Å². The Morgan fingerprint density at radius 3 is 1.78 bits per heavy atom. The van der Waals surface area contributed by atoms with E-state index in [-0.39, 0.29) is 17.0 Å².